The lowest BCUT2D eigenvalue weighted by atomic mass is 9.95. The van der Waals surface area contributed by atoms with Crippen molar-refractivity contribution in [2.24, 2.45) is 0 Å². The number of likely N-dealkylation sites (tertiary alicyclic amines) is 1. The number of imidazole rings is 1. The van der Waals surface area contributed by atoms with Gasteiger partial charge in [0, 0.05) is 55.8 Å². The standard InChI is InChI=1S/C27H33N7O/c35-22-16-23-25(28-17-22)29-19-30-27(23)33-12-8-21(9-13-33)26-31-24(20-6-2-1-3-7-20)18-34(26)15-14-32-10-4-5-11-32/h1-3,6-7,18-19,21H,4-5,8-17H2,(H,28,29,30). The van der Waals surface area contributed by atoms with Gasteiger partial charge in [0.1, 0.15) is 23.8 Å². The van der Waals surface area contributed by atoms with Gasteiger partial charge in [-0.1, -0.05) is 30.3 Å². The van der Waals surface area contributed by atoms with E-state index in [1.54, 1.807) is 6.33 Å². The number of hydrogen-bond acceptors (Lipinski definition) is 7. The van der Waals surface area contributed by atoms with E-state index in [1.807, 2.05) is 0 Å². The molecule has 182 valence electrons. The first-order valence-corrected chi connectivity index (χ1v) is 12.9. The number of aromatic nitrogens is 4. The van der Waals surface area contributed by atoms with Crippen LogP contribution in [0.25, 0.3) is 11.3 Å². The number of fused-ring (bicyclic) bond motifs is 1. The minimum absolute atomic E-state index is 0.192. The Morgan fingerprint density at radius 1 is 0.971 bits per heavy atom. The van der Waals surface area contributed by atoms with Crippen LogP contribution < -0.4 is 10.2 Å². The van der Waals surface area contributed by atoms with E-state index in [4.69, 9.17) is 4.98 Å². The van der Waals surface area contributed by atoms with Crippen LogP contribution in [0.15, 0.2) is 42.9 Å². The molecule has 8 nitrogen and oxygen atoms in total. The van der Waals surface area contributed by atoms with Gasteiger partial charge in [-0.25, -0.2) is 15.0 Å². The van der Waals surface area contributed by atoms with Gasteiger partial charge in [-0.2, -0.15) is 0 Å². The summed E-state index contributed by atoms with van der Waals surface area (Å²) in [6.45, 7) is 6.68. The normalized spacial score (nSPS) is 19.1. The lowest BCUT2D eigenvalue weighted by Crippen LogP contribution is -2.36. The Labute approximate surface area is 206 Å². The monoisotopic (exact) mass is 471 g/mol. The fraction of sp³-hybridized carbons (Fsp3) is 0.481. The van der Waals surface area contributed by atoms with E-state index in [0.29, 0.717) is 18.9 Å². The Balaban J connectivity index is 1.21. The molecule has 0 spiro atoms. The van der Waals surface area contributed by atoms with Gasteiger partial charge < -0.3 is 19.7 Å². The second-order valence-corrected chi connectivity index (χ2v) is 9.95. The lowest BCUT2D eigenvalue weighted by Gasteiger charge is -2.34. The molecule has 3 aliphatic rings. The summed E-state index contributed by atoms with van der Waals surface area (Å²) in [5.41, 5.74) is 3.19. The van der Waals surface area contributed by atoms with Crippen LogP contribution in [-0.2, 0) is 17.8 Å². The van der Waals surface area contributed by atoms with Crippen molar-refractivity contribution in [1.82, 2.24) is 24.4 Å². The van der Waals surface area contributed by atoms with Gasteiger partial charge in [0.15, 0.2) is 5.78 Å². The van der Waals surface area contributed by atoms with Crippen LogP contribution in [0.1, 0.15) is 43.0 Å². The molecule has 0 unspecified atom stereocenters. The zero-order valence-electron chi connectivity index (χ0n) is 20.2. The first-order chi connectivity index (χ1) is 17.2. The molecule has 3 aromatic rings. The highest BCUT2D eigenvalue weighted by molar-refractivity contribution is 5.90. The maximum Gasteiger partial charge on any atom is 0.156 e. The molecular weight excluding hydrogens is 438 g/mol. The highest BCUT2D eigenvalue weighted by Gasteiger charge is 2.29. The molecule has 0 aliphatic carbocycles. The maximum absolute atomic E-state index is 12.1. The zero-order valence-corrected chi connectivity index (χ0v) is 20.2. The highest BCUT2D eigenvalue weighted by Crippen LogP contribution is 2.34. The number of ketones is 1. The van der Waals surface area contributed by atoms with Crippen molar-refractivity contribution >= 4 is 17.4 Å². The number of carbonyl (C=O) groups excluding carboxylic acids is 1. The third-order valence-corrected chi connectivity index (χ3v) is 7.64. The van der Waals surface area contributed by atoms with Gasteiger partial charge in [0.05, 0.1) is 12.2 Å². The van der Waals surface area contributed by atoms with E-state index in [-0.39, 0.29) is 5.78 Å². The molecule has 5 heterocycles. The van der Waals surface area contributed by atoms with Gasteiger partial charge in [-0.05, 0) is 38.8 Å². The SMILES string of the molecule is O=C1CNc2ncnc(N3CCC(c4nc(-c5ccccc5)cn4CCN4CCCC4)CC3)c2C1. The number of piperidine rings is 1. The number of rotatable bonds is 6. The van der Waals surface area contributed by atoms with E-state index in [1.165, 1.54) is 37.3 Å². The quantitative estimate of drug-likeness (QED) is 0.591. The van der Waals surface area contributed by atoms with E-state index in [9.17, 15) is 4.79 Å². The summed E-state index contributed by atoms with van der Waals surface area (Å²) in [5, 5.41) is 3.14. The number of hydrogen-bond donors (Lipinski definition) is 1. The molecule has 0 radical (unpaired) electrons. The molecule has 35 heavy (non-hydrogen) atoms. The van der Waals surface area contributed by atoms with Gasteiger partial charge >= 0.3 is 0 Å². The van der Waals surface area contributed by atoms with E-state index in [0.717, 1.165) is 61.9 Å². The van der Waals surface area contributed by atoms with Gasteiger partial charge in [-0.15, -0.1) is 0 Å². The van der Waals surface area contributed by atoms with Crippen LogP contribution in [0.2, 0.25) is 0 Å². The molecular formula is C27H33N7O. The molecule has 2 aromatic heterocycles. The Bertz CT molecular complexity index is 1180. The second kappa shape index (κ2) is 9.77. The molecule has 0 atom stereocenters. The third-order valence-electron chi connectivity index (χ3n) is 7.64. The summed E-state index contributed by atoms with van der Waals surface area (Å²) in [6, 6.07) is 10.5. The van der Waals surface area contributed by atoms with E-state index >= 15 is 0 Å². The number of nitrogens with one attached hydrogen (secondary N) is 1. The fourth-order valence-electron chi connectivity index (χ4n) is 5.72. The van der Waals surface area contributed by atoms with Crippen LogP contribution >= 0.6 is 0 Å². The number of benzene rings is 1. The minimum atomic E-state index is 0.192. The number of anilines is 2. The molecule has 0 bridgehead atoms. The predicted molar refractivity (Wildman–Crippen MR) is 137 cm³/mol. The zero-order chi connectivity index (χ0) is 23.6. The molecule has 6 rings (SSSR count). The lowest BCUT2D eigenvalue weighted by molar-refractivity contribution is -0.117. The van der Waals surface area contributed by atoms with Crippen molar-refractivity contribution in [1.29, 1.82) is 0 Å². The van der Waals surface area contributed by atoms with Crippen molar-refractivity contribution in [3.8, 4) is 11.3 Å². The molecule has 2 saturated heterocycles. The largest absolute Gasteiger partial charge is 0.363 e. The van der Waals surface area contributed by atoms with Crippen molar-refractivity contribution in [3.63, 3.8) is 0 Å². The van der Waals surface area contributed by atoms with Crippen molar-refractivity contribution in [2.75, 3.05) is 49.5 Å². The predicted octanol–water partition coefficient (Wildman–Crippen LogP) is 3.36. The van der Waals surface area contributed by atoms with Crippen LogP contribution in [0.5, 0.6) is 0 Å². The van der Waals surface area contributed by atoms with Crippen molar-refractivity contribution in [2.45, 2.75) is 44.6 Å². The average molecular weight is 472 g/mol. The first-order valence-electron chi connectivity index (χ1n) is 12.9. The van der Waals surface area contributed by atoms with Gasteiger partial charge in [0.2, 0.25) is 0 Å². The van der Waals surface area contributed by atoms with Gasteiger partial charge in [-0.3, -0.25) is 4.79 Å². The summed E-state index contributed by atoms with van der Waals surface area (Å²) >= 11 is 0. The van der Waals surface area contributed by atoms with Crippen LogP contribution in [0.4, 0.5) is 11.6 Å². The second-order valence-electron chi connectivity index (χ2n) is 9.95. The van der Waals surface area contributed by atoms with Crippen molar-refractivity contribution < 1.29 is 4.79 Å². The summed E-state index contributed by atoms with van der Waals surface area (Å²) in [5.74, 6) is 3.54. The molecule has 1 aromatic carbocycles. The molecule has 8 heteroatoms. The summed E-state index contributed by atoms with van der Waals surface area (Å²) < 4.78 is 2.41. The fourth-order valence-corrected chi connectivity index (χ4v) is 5.72. The summed E-state index contributed by atoms with van der Waals surface area (Å²) in [4.78, 5) is 31.1. The summed E-state index contributed by atoms with van der Waals surface area (Å²) in [6.07, 6.45) is 8.96. The molecule has 1 N–H and O–H groups in total. The molecule has 0 saturated carbocycles. The molecule has 0 amide bonds. The average Bonchev–Trinajstić information content (AvgIpc) is 3.58. The maximum atomic E-state index is 12.1. The van der Waals surface area contributed by atoms with E-state index in [2.05, 4.69) is 66.2 Å². The van der Waals surface area contributed by atoms with Crippen LogP contribution in [0, 0.1) is 0 Å². The smallest absolute Gasteiger partial charge is 0.156 e. The number of carbonyl (C=O) groups is 1. The number of nitrogens with zero attached hydrogens (tertiary/aromatic N) is 6. The van der Waals surface area contributed by atoms with E-state index < -0.39 is 0 Å². The van der Waals surface area contributed by atoms with Crippen LogP contribution in [-0.4, -0.2) is 69.5 Å². The summed E-state index contributed by atoms with van der Waals surface area (Å²) in [7, 11) is 0. The molecule has 3 aliphatic heterocycles. The molecule has 2 fully saturated rings. The Kier molecular flexibility index (Phi) is 6.21. The van der Waals surface area contributed by atoms with Gasteiger partial charge in [0.25, 0.3) is 0 Å². The third kappa shape index (κ3) is 4.67. The Morgan fingerprint density at radius 2 is 1.77 bits per heavy atom. The topological polar surface area (TPSA) is 79.2 Å². The first kappa shape index (κ1) is 22.2. The minimum Gasteiger partial charge on any atom is -0.363 e. The Morgan fingerprint density at radius 3 is 2.57 bits per heavy atom. The number of Topliss-reactive ketones (excluding diaryl/α,β-unsaturated/α-hetero) is 1. The van der Waals surface area contributed by atoms with Crippen LogP contribution in [0.3, 0.4) is 0 Å². The van der Waals surface area contributed by atoms with Crippen molar-refractivity contribution in [3.05, 3.63) is 54.2 Å². The highest BCUT2D eigenvalue weighted by atomic mass is 16.1. The Hall–Kier alpha value is -3.26.